The zero-order chi connectivity index (χ0) is 22.9. The van der Waals surface area contributed by atoms with Gasteiger partial charge in [-0.25, -0.2) is 0 Å². The molecule has 0 unspecified atom stereocenters. The highest BCUT2D eigenvalue weighted by molar-refractivity contribution is 6.31. The van der Waals surface area contributed by atoms with Crippen molar-refractivity contribution in [2.75, 3.05) is 19.9 Å². The number of likely N-dealkylation sites (tertiary alicyclic amines) is 1. The average Bonchev–Trinajstić information content (AvgIpc) is 3.47. The number of rotatable bonds is 5. The number of amides is 2. The molecule has 2 N–H and O–H groups in total. The standard InChI is InChI=1S/C25H26ClN3O4/c1-15(24(30)27-13-16-2-5-22-23(10-16)33-14-32-22)17-6-8-29(9-7-17)25(31)21-12-18-11-19(26)3-4-20(18)28-21/h2-5,10-12,15,17,28H,6-9,13-14H2,1H3,(H,27,30)/t15-/m0/s1. The molecule has 1 atom stereocenters. The minimum absolute atomic E-state index is 0.0133. The van der Waals surface area contributed by atoms with Crippen LogP contribution in [-0.2, 0) is 11.3 Å². The van der Waals surface area contributed by atoms with Gasteiger partial charge in [0.1, 0.15) is 5.69 Å². The van der Waals surface area contributed by atoms with E-state index < -0.39 is 0 Å². The molecule has 33 heavy (non-hydrogen) atoms. The van der Waals surface area contributed by atoms with E-state index in [1.165, 1.54) is 0 Å². The van der Waals surface area contributed by atoms with Crippen LogP contribution in [0.15, 0.2) is 42.5 Å². The summed E-state index contributed by atoms with van der Waals surface area (Å²) in [4.78, 5) is 30.8. The number of benzene rings is 2. The molecule has 0 aliphatic carbocycles. The molecule has 1 saturated heterocycles. The normalized spacial score (nSPS) is 16.7. The number of nitrogens with zero attached hydrogens (tertiary/aromatic N) is 1. The van der Waals surface area contributed by atoms with Crippen LogP contribution in [0.2, 0.25) is 5.02 Å². The first-order chi connectivity index (χ1) is 16.0. The second-order valence-electron chi connectivity index (χ2n) is 8.74. The monoisotopic (exact) mass is 467 g/mol. The molecule has 2 aromatic carbocycles. The van der Waals surface area contributed by atoms with E-state index >= 15 is 0 Å². The van der Waals surface area contributed by atoms with Gasteiger partial charge in [0.05, 0.1) is 0 Å². The van der Waals surface area contributed by atoms with Crippen molar-refractivity contribution in [3.8, 4) is 11.5 Å². The van der Waals surface area contributed by atoms with Crippen molar-refractivity contribution in [2.24, 2.45) is 11.8 Å². The number of fused-ring (bicyclic) bond motifs is 2. The van der Waals surface area contributed by atoms with E-state index in [9.17, 15) is 9.59 Å². The Kier molecular flexibility index (Phi) is 5.89. The Hall–Kier alpha value is -3.19. The first kappa shape index (κ1) is 21.6. The van der Waals surface area contributed by atoms with E-state index in [-0.39, 0.29) is 30.4 Å². The molecular weight excluding hydrogens is 442 g/mol. The van der Waals surface area contributed by atoms with Crippen molar-refractivity contribution >= 4 is 34.3 Å². The van der Waals surface area contributed by atoms with Crippen LogP contribution in [0.4, 0.5) is 0 Å². The van der Waals surface area contributed by atoms with E-state index in [0.717, 1.165) is 35.1 Å². The fourth-order valence-corrected chi connectivity index (χ4v) is 4.79. The first-order valence-corrected chi connectivity index (χ1v) is 11.6. The summed E-state index contributed by atoms with van der Waals surface area (Å²) in [7, 11) is 0. The van der Waals surface area contributed by atoms with Crippen LogP contribution < -0.4 is 14.8 Å². The van der Waals surface area contributed by atoms with Crippen molar-refractivity contribution in [3.05, 3.63) is 58.7 Å². The van der Waals surface area contributed by atoms with Crippen LogP contribution in [0.3, 0.4) is 0 Å². The summed E-state index contributed by atoms with van der Waals surface area (Å²) >= 11 is 6.05. The summed E-state index contributed by atoms with van der Waals surface area (Å²) in [5.41, 5.74) is 2.44. The van der Waals surface area contributed by atoms with E-state index in [4.69, 9.17) is 21.1 Å². The summed E-state index contributed by atoms with van der Waals surface area (Å²) in [5, 5.41) is 4.60. The number of nitrogens with one attached hydrogen (secondary N) is 2. The maximum Gasteiger partial charge on any atom is 0.270 e. The van der Waals surface area contributed by atoms with Gasteiger partial charge in [0.25, 0.3) is 5.91 Å². The highest BCUT2D eigenvalue weighted by atomic mass is 35.5. The lowest BCUT2D eigenvalue weighted by Gasteiger charge is -2.34. The Morgan fingerprint density at radius 2 is 1.91 bits per heavy atom. The van der Waals surface area contributed by atoms with Crippen LogP contribution in [0.5, 0.6) is 11.5 Å². The molecule has 5 rings (SSSR count). The minimum Gasteiger partial charge on any atom is -0.454 e. The van der Waals surface area contributed by atoms with Gasteiger partial charge in [-0.3, -0.25) is 9.59 Å². The highest BCUT2D eigenvalue weighted by Gasteiger charge is 2.30. The lowest BCUT2D eigenvalue weighted by molar-refractivity contribution is -0.126. The molecule has 8 heteroatoms. The van der Waals surface area contributed by atoms with Crippen molar-refractivity contribution in [1.82, 2.24) is 15.2 Å². The molecule has 2 amide bonds. The van der Waals surface area contributed by atoms with Gasteiger partial charge in [-0.05, 0) is 60.7 Å². The molecular formula is C25H26ClN3O4. The molecule has 2 aliphatic heterocycles. The summed E-state index contributed by atoms with van der Waals surface area (Å²) in [6, 6.07) is 13.1. The van der Waals surface area contributed by atoms with Gasteiger partial charge in [-0.2, -0.15) is 0 Å². The summed E-state index contributed by atoms with van der Waals surface area (Å²) < 4.78 is 10.7. The molecule has 3 heterocycles. The van der Waals surface area contributed by atoms with E-state index in [0.29, 0.717) is 36.1 Å². The number of piperidine rings is 1. The topological polar surface area (TPSA) is 83.7 Å². The summed E-state index contributed by atoms with van der Waals surface area (Å²) in [6.45, 7) is 3.93. The Morgan fingerprint density at radius 3 is 2.73 bits per heavy atom. The van der Waals surface area contributed by atoms with Gasteiger partial charge in [0.15, 0.2) is 11.5 Å². The predicted octanol–water partition coefficient (Wildman–Crippen LogP) is 4.35. The van der Waals surface area contributed by atoms with Gasteiger partial charge >= 0.3 is 0 Å². The van der Waals surface area contributed by atoms with Crippen molar-refractivity contribution in [1.29, 1.82) is 0 Å². The molecule has 0 bridgehead atoms. The minimum atomic E-state index is -0.119. The number of ether oxygens (including phenoxy) is 2. The smallest absolute Gasteiger partial charge is 0.270 e. The summed E-state index contributed by atoms with van der Waals surface area (Å²) in [6.07, 6.45) is 1.60. The van der Waals surface area contributed by atoms with E-state index in [1.807, 2.05) is 48.2 Å². The second-order valence-corrected chi connectivity index (χ2v) is 9.17. The third-order valence-electron chi connectivity index (χ3n) is 6.66. The quantitative estimate of drug-likeness (QED) is 0.584. The number of hydrogen-bond donors (Lipinski definition) is 2. The largest absolute Gasteiger partial charge is 0.454 e. The van der Waals surface area contributed by atoms with Crippen LogP contribution >= 0.6 is 11.6 Å². The molecule has 3 aromatic rings. The van der Waals surface area contributed by atoms with E-state index in [2.05, 4.69) is 10.3 Å². The van der Waals surface area contributed by atoms with Gasteiger partial charge in [-0.15, -0.1) is 0 Å². The maximum atomic E-state index is 13.0. The number of hydrogen-bond acceptors (Lipinski definition) is 4. The van der Waals surface area contributed by atoms with Crippen LogP contribution in [-0.4, -0.2) is 41.6 Å². The van der Waals surface area contributed by atoms with Crippen molar-refractivity contribution < 1.29 is 19.1 Å². The fourth-order valence-electron chi connectivity index (χ4n) is 4.61. The molecule has 1 aromatic heterocycles. The summed E-state index contributed by atoms with van der Waals surface area (Å²) in [5.74, 6) is 1.59. The van der Waals surface area contributed by atoms with Gasteiger partial charge in [0.2, 0.25) is 12.7 Å². The second kappa shape index (κ2) is 8.98. The molecule has 2 aliphatic rings. The van der Waals surface area contributed by atoms with Crippen molar-refractivity contribution in [3.63, 3.8) is 0 Å². The Bertz CT molecular complexity index is 1200. The fraction of sp³-hybridized carbons (Fsp3) is 0.360. The van der Waals surface area contributed by atoms with Gasteiger partial charge in [-0.1, -0.05) is 24.6 Å². The number of aromatic nitrogens is 1. The van der Waals surface area contributed by atoms with E-state index in [1.54, 1.807) is 6.07 Å². The van der Waals surface area contributed by atoms with Crippen LogP contribution in [0.25, 0.3) is 10.9 Å². The predicted molar refractivity (Wildman–Crippen MR) is 126 cm³/mol. The molecule has 172 valence electrons. The van der Waals surface area contributed by atoms with Gasteiger partial charge in [0, 0.05) is 41.5 Å². The third-order valence-corrected chi connectivity index (χ3v) is 6.90. The number of halogens is 1. The van der Waals surface area contributed by atoms with Gasteiger partial charge < -0.3 is 24.7 Å². The Labute approximate surface area is 197 Å². The number of carbonyl (C=O) groups is 2. The lowest BCUT2D eigenvalue weighted by atomic mass is 9.84. The van der Waals surface area contributed by atoms with Crippen LogP contribution in [0, 0.1) is 11.8 Å². The lowest BCUT2D eigenvalue weighted by Crippen LogP contribution is -2.42. The highest BCUT2D eigenvalue weighted by Crippen LogP contribution is 2.32. The zero-order valence-corrected chi connectivity index (χ0v) is 19.2. The molecule has 0 radical (unpaired) electrons. The average molecular weight is 468 g/mol. The molecule has 1 fully saturated rings. The molecule has 0 spiro atoms. The SMILES string of the molecule is C[C@H](C(=O)NCc1ccc2c(c1)OCO2)C1CCN(C(=O)c2cc3cc(Cl)ccc3[nH]2)CC1. The molecule has 7 nitrogen and oxygen atoms in total. The number of carbonyl (C=O) groups excluding carboxylic acids is 2. The maximum absolute atomic E-state index is 13.0. The molecule has 0 saturated carbocycles. The zero-order valence-electron chi connectivity index (χ0n) is 18.4. The number of aromatic amines is 1. The Balaban J connectivity index is 1.13. The Morgan fingerprint density at radius 1 is 1.12 bits per heavy atom. The first-order valence-electron chi connectivity index (χ1n) is 11.2. The third kappa shape index (κ3) is 4.50. The van der Waals surface area contributed by atoms with Crippen LogP contribution in [0.1, 0.15) is 35.8 Å². The van der Waals surface area contributed by atoms with Crippen molar-refractivity contribution in [2.45, 2.75) is 26.3 Å². The number of H-pyrrole nitrogens is 1.